The zero-order chi connectivity index (χ0) is 57.1. The van der Waals surface area contributed by atoms with E-state index in [1.807, 2.05) is 0 Å². The molecule has 432 valence electrons. The van der Waals surface area contributed by atoms with Crippen LogP contribution < -0.4 is 9.80 Å². The summed E-state index contributed by atoms with van der Waals surface area (Å²) in [6.45, 7) is 22.9. The number of hydrogen-bond acceptors (Lipinski definition) is 6. The van der Waals surface area contributed by atoms with E-state index < -0.39 is 0 Å². The zero-order valence-electron chi connectivity index (χ0n) is 50.8. The maximum Gasteiger partial charge on any atom is 0.0697 e. The fraction of sp³-hybridized carbons (Fsp3) is 0.447. The van der Waals surface area contributed by atoms with Crippen molar-refractivity contribution in [1.82, 2.24) is 0 Å². The monoisotopic (exact) mass is 1100 g/mol. The molecule has 0 N–H and O–H groups in total. The molecule has 7 aromatic rings. The first-order chi connectivity index (χ1) is 40.0. The lowest BCUT2D eigenvalue weighted by molar-refractivity contribution is -0.137. The van der Waals surface area contributed by atoms with E-state index in [1.54, 1.807) is 5.56 Å². The lowest BCUT2D eigenvalue weighted by Crippen LogP contribution is -2.43. The van der Waals surface area contributed by atoms with E-state index in [4.69, 9.17) is 18.9 Å². The van der Waals surface area contributed by atoms with Gasteiger partial charge in [-0.05, 0) is 162 Å². The Morgan fingerprint density at radius 1 is 0.427 bits per heavy atom. The molecule has 6 nitrogen and oxygen atoms in total. The molecule has 10 rings (SSSR count). The maximum atomic E-state index is 6.22. The van der Waals surface area contributed by atoms with Crippen molar-refractivity contribution in [2.75, 3.05) is 62.7 Å². The lowest BCUT2D eigenvalue weighted by atomic mass is 9.69. The smallest absolute Gasteiger partial charge is 0.0697 e. The Morgan fingerprint density at radius 2 is 0.854 bits per heavy atom. The van der Waals surface area contributed by atoms with Crippen LogP contribution in [0, 0.1) is 10.8 Å². The third-order valence-corrected chi connectivity index (χ3v) is 19.4. The van der Waals surface area contributed by atoms with E-state index in [0.717, 1.165) is 116 Å². The van der Waals surface area contributed by atoms with Crippen LogP contribution in [0.3, 0.4) is 0 Å². The van der Waals surface area contributed by atoms with E-state index in [9.17, 15) is 0 Å². The summed E-state index contributed by atoms with van der Waals surface area (Å²) in [6, 6.07) is 66.6. The molecule has 0 amide bonds. The quantitative estimate of drug-likeness (QED) is 0.0404. The molecule has 0 aromatic heterocycles. The summed E-state index contributed by atoms with van der Waals surface area (Å²) in [7, 11) is 0. The van der Waals surface area contributed by atoms with E-state index in [0.29, 0.717) is 0 Å². The van der Waals surface area contributed by atoms with Crippen LogP contribution in [-0.2, 0) is 35.3 Å². The summed E-state index contributed by atoms with van der Waals surface area (Å²) in [5.41, 5.74) is 17.1. The van der Waals surface area contributed by atoms with Crippen LogP contribution in [0.5, 0.6) is 0 Å². The second-order valence-electron chi connectivity index (χ2n) is 25.4. The normalized spacial score (nSPS) is 15.7. The first kappa shape index (κ1) is 59.2. The number of fused-ring (bicyclic) bond motifs is 3. The molecule has 6 heteroatoms. The average molecular weight is 1100 g/mol. The van der Waals surface area contributed by atoms with Crippen LogP contribution in [0.15, 0.2) is 176 Å². The molecule has 1 aliphatic carbocycles. The van der Waals surface area contributed by atoms with Crippen LogP contribution in [-0.4, -0.2) is 52.9 Å². The van der Waals surface area contributed by atoms with Crippen molar-refractivity contribution in [3.63, 3.8) is 0 Å². The standard InChI is InChI=1S/C76H94N2O4/c1-8-74(7,9-2)62-39-45-68-69-46-44-67(52-71(69)75(70(68)51-62,47-25-12-14-27-49-79-53-72(5)55-81-56-72)48-26-13-15-28-50-80-54-73(6)57-82-58-73)77(63-31-21-17-22-32-63)64-40-35-59(36-41-64)60-37-42-66(43-38-60)78(65-33-23-18-24-34-65)76(10-3,11-4)61-29-19-16-20-30-61/h16-24,29-46,51-52H,8-15,25-28,47-50,53-58H2,1-7H3. The Balaban J connectivity index is 0.963. The SMILES string of the molecule is CCC(C)(CC)c1ccc2c(c1)C(CCCCCCOCC1(C)COC1)(CCCCCCOCC1(C)COC1)c1cc(N(c3ccccc3)c3ccc(-c4ccc(N(c5ccccc5)C(CC)(CC)c5ccccc5)cc4)cc3)ccc1-2. The van der Waals surface area contributed by atoms with E-state index in [1.165, 1.54) is 94.5 Å². The second kappa shape index (κ2) is 26.7. The first-order valence-corrected chi connectivity index (χ1v) is 31.6. The topological polar surface area (TPSA) is 43.4 Å². The highest BCUT2D eigenvalue weighted by Gasteiger charge is 2.44. The van der Waals surface area contributed by atoms with Gasteiger partial charge in [0.1, 0.15) is 0 Å². The summed E-state index contributed by atoms with van der Waals surface area (Å²) in [5.74, 6) is 0. The number of ether oxygens (including phenoxy) is 4. The van der Waals surface area contributed by atoms with Crippen LogP contribution in [0.25, 0.3) is 22.3 Å². The average Bonchev–Trinajstić information content (AvgIpc) is 3.61. The largest absolute Gasteiger partial charge is 0.381 e. The Bertz CT molecular complexity index is 3050. The van der Waals surface area contributed by atoms with E-state index >= 15 is 0 Å². The Hall–Kier alpha value is -6.02. The fourth-order valence-corrected chi connectivity index (χ4v) is 13.7. The zero-order valence-corrected chi connectivity index (χ0v) is 50.8. The molecule has 0 radical (unpaired) electrons. The summed E-state index contributed by atoms with van der Waals surface area (Å²) in [6.07, 6.45) is 15.7. The molecule has 0 spiro atoms. The molecule has 0 bridgehead atoms. The van der Waals surface area contributed by atoms with Crippen LogP contribution in [0.2, 0.25) is 0 Å². The van der Waals surface area contributed by atoms with Gasteiger partial charge in [0.25, 0.3) is 0 Å². The van der Waals surface area contributed by atoms with E-state index in [2.05, 4.69) is 234 Å². The molecule has 2 heterocycles. The fourth-order valence-electron chi connectivity index (χ4n) is 13.7. The van der Waals surface area contributed by atoms with Gasteiger partial charge in [-0.1, -0.05) is 202 Å². The highest BCUT2D eigenvalue weighted by atomic mass is 16.5. The predicted octanol–water partition coefficient (Wildman–Crippen LogP) is 20.0. The maximum absolute atomic E-state index is 6.22. The van der Waals surface area contributed by atoms with Crippen molar-refractivity contribution in [3.8, 4) is 22.3 Å². The minimum Gasteiger partial charge on any atom is -0.381 e. The molecule has 3 aliphatic rings. The number of benzene rings is 7. The van der Waals surface area contributed by atoms with Gasteiger partial charge in [-0.25, -0.2) is 0 Å². The van der Waals surface area contributed by atoms with Gasteiger partial charge >= 0.3 is 0 Å². The van der Waals surface area contributed by atoms with Crippen molar-refractivity contribution in [2.45, 2.75) is 155 Å². The van der Waals surface area contributed by atoms with Gasteiger partial charge in [-0.3, -0.25) is 0 Å². The number of rotatable bonds is 31. The summed E-state index contributed by atoms with van der Waals surface area (Å²) in [5, 5.41) is 0. The van der Waals surface area contributed by atoms with Crippen molar-refractivity contribution in [1.29, 1.82) is 0 Å². The van der Waals surface area contributed by atoms with Gasteiger partial charge < -0.3 is 28.7 Å². The lowest BCUT2D eigenvalue weighted by Gasteiger charge is -2.45. The van der Waals surface area contributed by atoms with Gasteiger partial charge in [0.15, 0.2) is 0 Å². The molecule has 0 saturated carbocycles. The van der Waals surface area contributed by atoms with Crippen molar-refractivity contribution >= 4 is 28.4 Å². The van der Waals surface area contributed by atoms with Crippen LogP contribution >= 0.6 is 0 Å². The van der Waals surface area contributed by atoms with Crippen LogP contribution in [0.1, 0.15) is 161 Å². The second-order valence-corrected chi connectivity index (χ2v) is 25.4. The van der Waals surface area contributed by atoms with Crippen molar-refractivity contribution in [3.05, 3.63) is 198 Å². The number of unbranched alkanes of at least 4 members (excludes halogenated alkanes) is 6. The predicted molar refractivity (Wildman–Crippen MR) is 344 cm³/mol. The molecule has 0 atom stereocenters. The van der Waals surface area contributed by atoms with Gasteiger partial charge in [-0.15, -0.1) is 0 Å². The minimum atomic E-state index is -0.208. The molecular formula is C76H94N2O4. The molecule has 2 saturated heterocycles. The van der Waals surface area contributed by atoms with E-state index in [-0.39, 0.29) is 27.2 Å². The third kappa shape index (κ3) is 12.7. The van der Waals surface area contributed by atoms with Crippen LogP contribution in [0.4, 0.5) is 28.4 Å². The Kier molecular flexibility index (Phi) is 19.3. The summed E-state index contributed by atoms with van der Waals surface area (Å²) in [4.78, 5) is 5.05. The number of nitrogens with zero attached hydrogens (tertiary/aromatic N) is 2. The molecule has 7 aromatic carbocycles. The highest BCUT2D eigenvalue weighted by molar-refractivity contribution is 5.86. The molecular weight excluding hydrogens is 1000 g/mol. The van der Waals surface area contributed by atoms with Gasteiger partial charge in [0, 0.05) is 57.9 Å². The Labute approximate surface area is 493 Å². The van der Waals surface area contributed by atoms with Gasteiger partial charge in [-0.2, -0.15) is 0 Å². The van der Waals surface area contributed by atoms with Crippen molar-refractivity contribution < 1.29 is 18.9 Å². The number of para-hydroxylation sites is 2. The van der Waals surface area contributed by atoms with Crippen molar-refractivity contribution in [2.24, 2.45) is 10.8 Å². The third-order valence-electron chi connectivity index (χ3n) is 19.4. The Morgan fingerprint density at radius 3 is 1.34 bits per heavy atom. The number of hydrogen-bond donors (Lipinski definition) is 0. The summed E-state index contributed by atoms with van der Waals surface area (Å²) >= 11 is 0. The minimum absolute atomic E-state index is 0.116. The highest BCUT2D eigenvalue weighted by Crippen LogP contribution is 2.57. The van der Waals surface area contributed by atoms with Gasteiger partial charge in [0.05, 0.1) is 45.2 Å². The molecule has 0 unspecified atom stereocenters. The number of anilines is 5. The molecule has 82 heavy (non-hydrogen) atoms. The molecule has 2 aliphatic heterocycles. The molecule has 2 fully saturated rings. The first-order valence-electron chi connectivity index (χ1n) is 31.6. The van der Waals surface area contributed by atoms with Gasteiger partial charge in [0.2, 0.25) is 0 Å². The summed E-state index contributed by atoms with van der Waals surface area (Å²) < 4.78 is 23.4.